The minimum atomic E-state index is -1.05. The highest BCUT2D eigenvalue weighted by atomic mass is 16.5. The van der Waals surface area contributed by atoms with Crippen LogP contribution in [0.15, 0.2) is 36.8 Å². The first-order valence-electron chi connectivity index (χ1n) is 4.84. The van der Waals surface area contributed by atoms with E-state index in [2.05, 4.69) is 15.0 Å². The largest absolute Gasteiger partial charge is 0.479 e. The topological polar surface area (TPSA) is 85.2 Å². The maximum atomic E-state index is 10.3. The van der Waals surface area contributed by atoms with Crippen LogP contribution in [0.4, 0.5) is 0 Å². The third-order valence-electron chi connectivity index (χ3n) is 1.91. The Kier molecular flexibility index (Phi) is 3.25. The first-order valence-corrected chi connectivity index (χ1v) is 4.84. The van der Waals surface area contributed by atoms with Crippen molar-refractivity contribution in [3.05, 3.63) is 36.8 Å². The van der Waals surface area contributed by atoms with E-state index < -0.39 is 12.6 Å². The Morgan fingerprint density at radius 1 is 1.24 bits per heavy atom. The molecule has 86 valence electrons. The quantitative estimate of drug-likeness (QED) is 0.844. The maximum Gasteiger partial charge on any atom is 0.341 e. The summed E-state index contributed by atoms with van der Waals surface area (Å²) in [4.78, 5) is 22.3. The van der Waals surface area contributed by atoms with E-state index >= 15 is 0 Å². The Morgan fingerprint density at radius 3 is 2.82 bits per heavy atom. The SMILES string of the molecule is O=C(O)COc1cc(-c2ccccn2)ncn1. The number of nitrogens with zero attached hydrogens (tertiary/aromatic N) is 3. The van der Waals surface area contributed by atoms with Gasteiger partial charge in [0.15, 0.2) is 6.61 Å². The summed E-state index contributed by atoms with van der Waals surface area (Å²) >= 11 is 0. The number of aliphatic carboxylic acids is 1. The molecule has 0 radical (unpaired) electrons. The number of carboxylic acid groups (broad SMARTS) is 1. The highest BCUT2D eigenvalue weighted by molar-refractivity contribution is 5.68. The summed E-state index contributed by atoms with van der Waals surface area (Å²) in [5, 5.41) is 8.48. The van der Waals surface area contributed by atoms with Crippen LogP contribution in [-0.4, -0.2) is 32.6 Å². The van der Waals surface area contributed by atoms with E-state index in [4.69, 9.17) is 9.84 Å². The highest BCUT2D eigenvalue weighted by Crippen LogP contribution is 2.16. The number of aromatic nitrogens is 3. The third-order valence-corrected chi connectivity index (χ3v) is 1.91. The van der Waals surface area contributed by atoms with Crippen LogP contribution in [0.1, 0.15) is 0 Å². The van der Waals surface area contributed by atoms with Gasteiger partial charge in [0.25, 0.3) is 0 Å². The molecule has 1 N–H and O–H groups in total. The molecule has 2 rings (SSSR count). The van der Waals surface area contributed by atoms with Crippen LogP contribution in [0.2, 0.25) is 0 Å². The molecule has 0 amide bonds. The molecular formula is C11H9N3O3. The van der Waals surface area contributed by atoms with Gasteiger partial charge in [-0.15, -0.1) is 0 Å². The second-order valence-corrected chi connectivity index (χ2v) is 3.14. The van der Waals surface area contributed by atoms with E-state index in [0.717, 1.165) is 0 Å². The lowest BCUT2D eigenvalue weighted by atomic mass is 10.2. The van der Waals surface area contributed by atoms with Crippen molar-refractivity contribution in [2.24, 2.45) is 0 Å². The second-order valence-electron chi connectivity index (χ2n) is 3.14. The summed E-state index contributed by atoms with van der Waals surface area (Å²) in [7, 11) is 0. The standard InChI is InChI=1S/C11H9N3O3/c15-11(16)6-17-10-5-9(13-7-14-10)8-3-1-2-4-12-8/h1-5,7H,6H2,(H,15,16). The summed E-state index contributed by atoms with van der Waals surface area (Å²) in [5.41, 5.74) is 1.26. The Hall–Kier alpha value is -2.50. The normalized spacial score (nSPS) is 9.88. The van der Waals surface area contributed by atoms with Crippen LogP contribution < -0.4 is 4.74 Å². The number of carboxylic acids is 1. The van der Waals surface area contributed by atoms with Crippen LogP contribution >= 0.6 is 0 Å². The van der Waals surface area contributed by atoms with Gasteiger partial charge in [0.2, 0.25) is 5.88 Å². The molecule has 0 saturated heterocycles. The molecule has 0 aromatic carbocycles. The molecular weight excluding hydrogens is 222 g/mol. The number of hydrogen-bond acceptors (Lipinski definition) is 5. The van der Waals surface area contributed by atoms with Crippen LogP contribution in [-0.2, 0) is 4.79 Å². The molecule has 0 fully saturated rings. The number of ether oxygens (including phenoxy) is 1. The van der Waals surface area contributed by atoms with Crippen LogP contribution in [0.5, 0.6) is 5.88 Å². The molecule has 6 heteroatoms. The number of carbonyl (C=O) groups is 1. The number of pyridine rings is 1. The molecule has 0 bridgehead atoms. The molecule has 2 aromatic rings. The predicted octanol–water partition coefficient (Wildman–Crippen LogP) is 1.00. The summed E-state index contributed by atoms with van der Waals surface area (Å²) in [6, 6.07) is 6.98. The van der Waals surface area contributed by atoms with Gasteiger partial charge in [-0.2, -0.15) is 0 Å². The first-order chi connectivity index (χ1) is 8.25. The van der Waals surface area contributed by atoms with Gasteiger partial charge in [0.05, 0.1) is 11.4 Å². The average molecular weight is 231 g/mol. The van der Waals surface area contributed by atoms with Gasteiger partial charge >= 0.3 is 5.97 Å². The molecule has 17 heavy (non-hydrogen) atoms. The van der Waals surface area contributed by atoms with E-state index in [9.17, 15) is 4.79 Å². The van der Waals surface area contributed by atoms with Gasteiger partial charge in [-0.05, 0) is 12.1 Å². The average Bonchev–Trinajstić information content (AvgIpc) is 2.38. The van der Waals surface area contributed by atoms with Crippen molar-refractivity contribution >= 4 is 5.97 Å². The Bertz CT molecular complexity index is 516. The van der Waals surface area contributed by atoms with E-state index in [0.29, 0.717) is 11.4 Å². The minimum Gasteiger partial charge on any atom is -0.479 e. The van der Waals surface area contributed by atoms with Crippen molar-refractivity contribution in [1.29, 1.82) is 0 Å². The fraction of sp³-hybridized carbons (Fsp3) is 0.0909. The van der Waals surface area contributed by atoms with E-state index in [-0.39, 0.29) is 5.88 Å². The Balaban J connectivity index is 2.20. The molecule has 0 unspecified atom stereocenters. The number of rotatable bonds is 4. The zero-order chi connectivity index (χ0) is 12.1. The monoisotopic (exact) mass is 231 g/mol. The molecule has 0 aliphatic heterocycles. The molecule has 0 atom stereocenters. The van der Waals surface area contributed by atoms with Gasteiger partial charge < -0.3 is 9.84 Å². The molecule has 2 aromatic heterocycles. The van der Waals surface area contributed by atoms with E-state index in [1.807, 2.05) is 6.07 Å². The lowest BCUT2D eigenvalue weighted by Gasteiger charge is -2.03. The van der Waals surface area contributed by atoms with Gasteiger partial charge in [0.1, 0.15) is 6.33 Å². The van der Waals surface area contributed by atoms with Crippen molar-refractivity contribution in [3.8, 4) is 17.3 Å². The van der Waals surface area contributed by atoms with Gasteiger partial charge in [-0.3, -0.25) is 4.98 Å². The lowest BCUT2D eigenvalue weighted by molar-refractivity contribution is -0.139. The molecule has 6 nitrogen and oxygen atoms in total. The molecule has 0 aliphatic carbocycles. The van der Waals surface area contributed by atoms with Crippen LogP contribution in [0.25, 0.3) is 11.4 Å². The Labute approximate surface area is 96.9 Å². The predicted molar refractivity (Wildman–Crippen MR) is 58.4 cm³/mol. The fourth-order valence-electron chi connectivity index (χ4n) is 1.21. The van der Waals surface area contributed by atoms with Gasteiger partial charge in [-0.1, -0.05) is 6.07 Å². The van der Waals surface area contributed by atoms with Gasteiger partial charge in [-0.25, -0.2) is 14.8 Å². The highest BCUT2D eigenvalue weighted by Gasteiger charge is 2.05. The molecule has 2 heterocycles. The van der Waals surface area contributed by atoms with Gasteiger partial charge in [0, 0.05) is 12.3 Å². The second kappa shape index (κ2) is 5.02. The third kappa shape index (κ3) is 2.97. The van der Waals surface area contributed by atoms with E-state index in [1.165, 1.54) is 6.33 Å². The van der Waals surface area contributed by atoms with Crippen molar-refractivity contribution in [1.82, 2.24) is 15.0 Å². The molecule has 0 aliphatic rings. The maximum absolute atomic E-state index is 10.3. The Morgan fingerprint density at radius 2 is 2.12 bits per heavy atom. The zero-order valence-corrected chi connectivity index (χ0v) is 8.78. The minimum absolute atomic E-state index is 0.211. The summed E-state index contributed by atoms with van der Waals surface area (Å²) in [6.45, 7) is -0.432. The fourth-order valence-corrected chi connectivity index (χ4v) is 1.21. The number of hydrogen-bond donors (Lipinski definition) is 1. The summed E-state index contributed by atoms with van der Waals surface area (Å²) in [6.07, 6.45) is 2.95. The molecule has 0 spiro atoms. The van der Waals surface area contributed by atoms with Crippen molar-refractivity contribution in [2.45, 2.75) is 0 Å². The first kappa shape index (κ1) is 11.0. The van der Waals surface area contributed by atoms with Crippen LogP contribution in [0.3, 0.4) is 0 Å². The van der Waals surface area contributed by atoms with Crippen molar-refractivity contribution < 1.29 is 14.6 Å². The van der Waals surface area contributed by atoms with E-state index in [1.54, 1.807) is 24.4 Å². The van der Waals surface area contributed by atoms with Crippen molar-refractivity contribution in [2.75, 3.05) is 6.61 Å². The lowest BCUT2D eigenvalue weighted by Crippen LogP contribution is -2.10. The summed E-state index contributed by atoms with van der Waals surface area (Å²) in [5.74, 6) is -0.842. The van der Waals surface area contributed by atoms with Crippen molar-refractivity contribution in [3.63, 3.8) is 0 Å². The molecule has 0 saturated carbocycles. The smallest absolute Gasteiger partial charge is 0.341 e. The van der Waals surface area contributed by atoms with Crippen LogP contribution in [0, 0.1) is 0 Å². The summed E-state index contributed by atoms with van der Waals surface area (Å²) < 4.78 is 4.95. The zero-order valence-electron chi connectivity index (χ0n) is 8.78.